The summed E-state index contributed by atoms with van der Waals surface area (Å²) in [5, 5.41) is 25.5. The SMILES string of the molecule is CC(=N)CCCC(=O)On1c(O)ccc1O. The molecular weight excluding hydrogens is 212 g/mol. The maximum absolute atomic E-state index is 11.3. The number of hydrogen-bond donors (Lipinski definition) is 3. The molecule has 0 amide bonds. The molecule has 0 fully saturated rings. The highest BCUT2D eigenvalue weighted by molar-refractivity contribution is 5.79. The van der Waals surface area contributed by atoms with Gasteiger partial charge in [-0.2, -0.15) is 0 Å². The van der Waals surface area contributed by atoms with Crippen LogP contribution in [0.2, 0.25) is 0 Å². The van der Waals surface area contributed by atoms with Crippen molar-refractivity contribution in [2.24, 2.45) is 0 Å². The molecule has 1 aromatic rings. The molecule has 0 aliphatic carbocycles. The topological polar surface area (TPSA) is 95.5 Å². The van der Waals surface area contributed by atoms with Crippen LogP contribution in [0.3, 0.4) is 0 Å². The molecule has 1 rings (SSSR count). The molecule has 0 atom stereocenters. The summed E-state index contributed by atoms with van der Waals surface area (Å²) in [5.41, 5.74) is 0.499. The molecule has 0 unspecified atom stereocenters. The first-order valence-corrected chi connectivity index (χ1v) is 4.85. The molecule has 0 spiro atoms. The second-order valence-electron chi connectivity index (χ2n) is 3.44. The first-order valence-electron chi connectivity index (χ1n) is 4.85. The number of nitrogens with zero attached hydrogens (tertiary/aromatic N) is 1. The average Bonchev–Trinajstić information content (AvgIpc) is 2.49. The first kappa shape index (κ1) is 12.1. The van der Waals surface area contributed by atoms with E-state index in [1.807, 2.05) is 0 Å². The summed E-state index contributed by atoms with van der Waals surface area (Å²) in [6, 6.07) is 2.43. The van der Waals surface area contributed by atoms with Crippen LogP contribution in [0.25, 0.3) is 0 Å². The van der Waals surface area contributed by atoms with E-state index in [4.69, 9.17) is 10.2 Å². The number of carbonyl (C=O) groups excluding carboxylic acids is 1. The zero-order valence-corrected chi connectivity index (χ0v) is 8.93. The molecular formula is C10H14N2O4. The van der Waals surface area contributed by atoms with Gasteiger partial charge in [-0.3, -0.25) is 0 Å². The van der Waals surface area contributed by atoms with Gasteiger partial charge in [-0.25, -0.2) is 4.79 Å². The Morgan fingerprint density at radius 2 is 1.94 bits per heavy atom. The van der Waals surface area contributed by atoms with Crippen LogP contribution < -0.4 is 4.84 Å². The highest BCUT2D eigenvalue weighted by Gasteiger charge is 2.11. The zero-order chi connectivity index (χ0) is 12.1. The van der Waals surface area contributed by atoms with Crippen LogP contribution in [-0.2, 0) is 4.79 Å². The smallest absolute Gasteiger partial charge is 0.333 e. The number of aromatic nitrogens is 1. The Bertz CT molecular complexity index is 378. The van der Waals surface area contributed by atoms with Gasteiger partial charge in [0.25, 0.3) is 0 Å². The number of rotatable bonds is 5. The summed E-state index contributed by atoms with van der Waals surface area (Å²) < 4.78 is 0.652. The van der Waals surface area contributed by atoms with Gasteiger partial charge in [-0.1, -0.05) is 0 Å². The van der Waals surface area contributed by atoms with Gasteiger partial charge in [-0.05, 0) is 19.8 Å². The van der Waals surface area contributed by atoms with E-state index in [2.05, 4.69) is 0 Å². The van der Waals surface area contributed by atoms with Crippen molar-refractivity contribution in [2.45, 2.75) is 26.2 Å². The van der Waals surface area contributed by atoms with E-state index >= 15 is 0 Å². The van der Waals surface area contributed by atoms with Gasteiger partial charge in [0.2, 0.25) is 11.8 Å². The van der Waals surface area contributed by atoms with Gasteiger partial charge in [0.1, 0.15) is 0 Å². The summed E-state index contributed by atoms with van der Waals surface area (Å²) in [7, 11) is 0. The fourth-order valence-corrected chi connectivity index (χ4v) is 1.14. The Labute approximate surface area is 92.5 Å². The summed E-state index contributed by atoms with van der Waals surface area (Å²) in [4.78, 5) is 16.0. The molecule has 0 saturated carbocycles. The normalized spacial score (nSPS) is 10.1. The fourth-order valence-electron chi connectivity index (χ4n) is 1.14. The third-order valence-electron chi connectivity index (χ3n) is 1.92. The summed E-state index contributed by atoms with van der Waals surface area (Å²) in [5.74, 6) is -1.24. The predicted molar refractivity (Wildman–Crippen MR) is 56.6 cm³/mol. The first-order chi connectivity index (χ1) is 7.50. The van der Waals surface area contributed by atoms with Gasteiger partial charge in [0.15, 0.2) is 0 Å². The monoisotopic (exact) mass is 226 g/mol. The lowest BCUT2D eigenvalue weighted by Crippen LogP contribution is -2.18. The van der Waals surface area contributed by atoms with Crippen molar-refractivity contribution < 1.29 is 19.8 Å². The van der Waals surface area contributed by atoms with E-state index in [9.17, 15) is 15.0 Å². The van der Waals surface area contributed by atoms with Crippen LogP contribution in [0.4, 0.5) is 0 Å². The van der Waals surface area contributed by atoms with Crippen molar-refractivity contribution in [1.29, 1.82) is 5.41 Å². The van der Waals surface area contributed by atoms with E-state index in [0.717, 1.165) is 0 Å². The lowest BCUT2D eigenvalue weighted by Gasteiger charge is -2.06. The number of carbonyl (C=O) groups is 1. The molecule has 1 heterocycles. The Balaban J connectivity index is 2.43. The molecule has 6 nitrogen and oxygen atoms in total. The van der Waals surface area contributed by atoms with Gasteiger partial charge in [0, 0.05) is 24.3 Å². The Morgan fingerprint density at radius 3 is 2.44 bits per heavy atom. The minimum absolute atomic E-state index is 0.132. The molecule has 0 bridgehead atoms. The third-order valence-corrected chi connectivity index (χ3v) is 1.92. The van der Waals surface area contributed by atoms with E-state index in [1.54, 1.807) is 6.92 Å². The third kappa shape index (κ3) is 3.30. The highest BCUT2D eigenvalue weighted by atomic mass is 16.7. The van der Waals surface area contributed by atoms with Crippen LogP contribution in [0.15, 0.2) is 12.1 Å². The van der Waals surface area contributed by atoms with E-state index in [0.29, 0.717) is 23.3 Å². The van der Waals surface area contributed by atoms with E-state index in [1.165, 1.54) is 12.1 Å². The van der Waals surface area contributed by atoms with Crippen LogP contribution in [0.1, 0.15) is 26.2 Å². The second kappa shape index (κ2) is 5.20. The number of nitrogens with one attached hydrogen (secondary N) is 1. The molecule has 16 heavy (non-hydrogen) atoms. The molecule has 0 saturated heterocycles. The molecule has 6 heteroatoms. The predicted octanol–water partition coefficient (Wildman–Crippen LogP) is 1.06. The van der Waals surface area contributed by atoms with Gasteiger partial charge >= 0.3 is 5.97 Å². The molecule has 3 N–H and O–H groups in total. The van der Waals surface area contributed by atoms with Crippen molar-refractivity contribution in [3.63, 3.8) is 0 Å². The molecule has 0 aromatic carbocycles. The summed E-state index contributed by atoms with van der Waals surface area (Å²) in [6.07, 6.45) is 1.17. The van der Waals surface area contributed by atoms with E-state index < -0.39 is 5.97 Å². The molecule has 1 aromatic heterocycles. The van der Waals surface area contributed by atoms with Crippen molar-refractivity contribution >= 4 is 11.7 Å². The lowest BCUT2D eigenvalue weighted by molar-refractivity contribution is -0.145. The molecule has 88 valence electrons. The summed E-state index contributed by atoms with van der Waals surface area (Å²) >= 11 is 0. The van der Waals surface area contributed by atoms with E-state index in [-0.39, 0.29) is 18.2 Å². The van der Waals surface area contributed by atoms with Crippen LogP contribution in [0.5, 0.6) is 11.8 Å². The minimum Gasteiger partial charge on any atom is -0.492 e. The molecule has 0 radical (unpaired) electrons. The van der Waals surface area contributed by atoms with Crippen molar-refractivity contribution in [3.8, 4) is 11.8 Å². The molecule has 0 aliphatic rings. The van der Waals surface area contributed by atoms with Gasteiger partial charge < -0.3 is 20.5 Å². The Hall–Kier alpha value is -1.98. The maximum atomic E-state index is 11.3. The standard InChI is InChI=1S/C10H14N2O4/c1-7(11)3-2-4-10(15)16-12-8(13)5-6-9(12)14/h5-6,11,13-14H,2-4H2,1H3. The van der Waals surface area contributed by atoms with Crippen molar-refractivity contribution in [1.82, 2.24) is 4.73 Å². The fraction of sp³-hybridized carbons (Fsp3) is 0.400. The highest BCUT2D eigenvalue weighted by Crippen LogP contribution is 2.18. The summed E-state index contributed by atoms with van der Waals surface area (Å²) in [6.45, 7) is 1.66. The zero-order valence-electron chi connectivity index (χ0n) is 8.93. The van der Waals surface area contributed by atoms with Gasteiger partial charge in [0.05, 0.1) is 0 Å². The maximum Gasteiger partial charge on any atom is 0.333 e. The van der Waals surface area contributed by atoms with Gasteiger partial charge in [-0.15, -0.1) is 4.73 Å². The molecule has 0 aliphatic heterocycles. The lowest BCUT2D eigenvalue weighted by atomic mass is 10.2. The number of aromatic hydroxyl groups is 2. The second-order valence-corrected chi connectivity index (χ2v) is 3.44. The van der Waals surface area contributed by atoms with Crippen LogP contribution in [-0.4, -0.2) is 26.6 Å². The largest absolute Gasteiger partial charge is 0.492 e. The minimum atomic E-state index is -0.567. The van der Waals surface area contributed by atoms with Crippen LogP contribution >= 0.6 is 0 Å². The number of hydrogen-bond acceptors (Lipinski definition) is 5. The Morgan fingerprint density at radius 1 is 1.38 bits per heavy atom. The average molecular weight is 226 g/mol. The van der Waals surface area contributed by atoms with Crippen molar-refractivity contribution in [2.75, 3.05) is 0 Å². The quantitative estimate of drug-likeness (QED) is 0.654. The van der Waals surface area contributed by atoms with Crippen LogP contribution in [0, 0.1) is 5.41 Å². The Kier molecular flexibility index (Phi) is 3.93. The van der Waals surface area contributed by atoms with Crippen molar-refractivity contribution in [3.05, 3.63) is 12.1 Å².